The van der Waals surface area contributed by atoms with Crippen molar-refractivity contribution in [2.24, 2.45) is 0 Å². The van der Waals surface area contributed by atoms with Gasteiger partial charge in [0.15, 0.2) is 28.4 Å². The van der Waals surface area contributed by atoms with Crippen LogP contribution in [0.4, 0.5) is 23.2 Å². The lowest BCUT2D eigenvalue weighted by Gasteiger charge is -2.37. The number of amides is 1. The summed E-state index contributed by atoms with van der Waals surface area (Å²) in [4.78, 5) is 15.1. The number of benzene rings is 2. The lowest BCUT2D eigenvalue weighted by atomic mass is 10.2. The van der Waals surface area contributed by atoms with E-state index >= 15 is 0 Å². The highest BCUT2D eigenvalue weighted by Crippen LogP contribution is 2.33. The van der Waals surface area contributed by atoms with Gasteiger partial charge < -0.3 is 14.5 Å². The first kappa shape index (κ1) is 22.1. The molecule has 5 nitrogen and oxygen atoms in total. The zero-order chi connectivity index (χ0) is 22.0. The van der Waals surface area contributed by atoms with Crippen LogP contribution in [0.2, 0.25) is 5.02 Å². The van der Waals surface area contributed by atoms with E-state index in [0.717, 1.165) is 4.90 Å². The number of hydrogen-bond acceptors (Lipinski definition) is 4. The van der Waals surface area contributed by atoms with E-state index in [0.29, 0.717) is 11.3 Å². The molecular formula is C19H16ClF4N3O2S. The summed E-state index contributed by atoms with van der Waals surface area (Å²) in [6.07, 6.45) is 0. The van der Waals surface area contributed by atoms with E-state index in [4.69, 9.17) is 28.6 Å². The first-order valence-corrected chi connectivity index (χ1v) is 9.54. The molecule has 2 aromatic rings. The largest absolute Gasteiger partial charge is 0.497 e. The molecule has 2 aromatic carbocycles. The fourth-order valence-electron chi connectivity index (χ4n) is 2.99. The monoisotopic (exact) mass is 461 g/mol. The van der Waals surface area contributed by atoms with Gasteiger partial charge in [0.05, 0.1) is 7.11 Å². The molecule has 1 heterocycles. The van der Waals surface area contributed by atoms with Crippen molar-refractivity contribution in [3.05, 3.63) is 58.1 Å². The number of halogens is 5. The number of nitrogens with zero attached hydrogens (tertiary/aromatic N) is 2. The highest BCUT2D eigenvalue weighted by Gasteiger charge is 2.30. The molecule has 3 rings (SSSR count). The molecule has 0 bridgehead atoms. The topological polar surface area (TPSA) is 44.8 Å². The Bertz CT molecular complexity index is 954. The van der Waals surface area contributed by atoms with Gasteiger partial charge in [-0.15, -0.1) is 0 Å². The Hall–Kier alpha value is -2.59. The molecule has 11 heteroatoms. The van der Waals surface area contributed by atoms with Crippen LogP contribution in [-0.2, 0) is 0 Å². The Balaban J connectivity index is 1.64. The maximum atomic E-state index is 14.1. The number of carbonyl (C=O) groups excluding carboxylic acids is 1. The lowest BCUT2D eigenvalue weighted by molar-refractivity contribution is 0.0973. The summed E-state index contributed by atoms with van der Waals surface area (Å²) in [7, 11) is 1.51. The van der Waals surface area contributed by atoms with Gasteiger partial charge in [0.25, 0.3) is 5.91 Å². The molecular weight excluding hydrogens is 446 g/mol. The van der Waals surface area contributed by atoms with Gasteiger partial charge in [-0.3, -0.25) is 10.1 Å². The highest BCUT2D eigenvalue weighted by molar-refractivity contribution is 7.80. The van der Waals surface area contributed by atoms with Gasteiger partial charge in [0.2, 0.25) is 0 Å². The van der Waals surface area contributed by atoms with E-state index < -0.39 is 39.9 Å². The summed E-state index contributed by atoms with van der Waals surface area (Å²) in [5.74, 6) is -6.22. The maximum absolute atomic E-state index is 14.1. The standard InChI is InChI=1S/C19H16ClF4N3O2S/c1-29-11-4-2-10(3-5-11)18(28)25-19(30)27-8-6-26(7-9-27)17-15(23)13(21)12(20)14(22)16(17)24/h2-5H,6-9H2,1H3,(H,25,28,30). The number of hydrogen-bond donors (Lipinski definition) is 1. The fourth-order valence-corrected chi connectivity index (χ4v) is 3.44. The van der Waals surface area contributed by atoms with Gasteiger partial charge in [-0.2, -0.15) is 0 Å². The molecule has 0 aliphatic carbocycles. The van der Waals surface area contributed by atoms with Crippen molar-refractivity contribution in [3.63, 3.8) is 0 Å². The number of methoxy groups -OCH3 is 1. The Kier molecular flexibility index (Phi) is 6.67. The van der Waals surface area contributed by atoms with Gasteiger partial charge in [-0.25, -0.2) is 17.6 Å². The maximum Gasteiger partial charge on any atom is 0.257 e. The van der Waals surface area contributed by atoms with Crippen LogP contribution in [0.15, 0.2) is 24.3 Å². The molecule has 1 amide bonds. The summed E-state index contributed by atoms with van der Waals surface area (Å²) >= 11 is 10.5. The minimum Gasteiger partial charge on any atom is -0.497 e. The van der Waals surface area contributed by atoms with Gasteiger partial charge in [-0.1, -0.05) is 11.6 Å². The van der Waals surface area contributed by atoms with Gasteiger partial charge in [0.1, 0.15) is 16.5 Å². The van der Waals surface area contributed by atoms with E-state index in [1.54, 1.807) is 29.2 Å². The van der Waals surface area contributed by atoms with Crippen molar-refractivity contribution in [2.75, 3.05) is 38.2 Å². The van der Waals surface area contributed by atoms with Crippen LogP contribution in [0.5, 0.6) is 5.75 Å². The third-order valence-electron chi connectivity index (χ3n) is 4.64. The average Bonchev–Trinajstić information content (AvgIpc) is 2.77. The SMILES string of the molecule is COc1ccc(C(=O)NC(=S)N2CCN(c3c(F)c(F)c(Cl)c(F)c3F)CC2)cc1. The molecule has 1 aliphatic heterocycles. The van der Waals surface area contributed by atoms with E-state index in [1.165, 1.54) is 7.11 Å². The first-order valence-electron chi connectivity index (χ1n) is 8.75. The number of carbonyl (C=O) groups is 1. The Labute approximate surface area is 180 Å². The van der Waals surface area contributed by atoms with Crippen LogP contribution in [0.3, 0.4) is 0 Å². The average molecular weight is 462 g/mol. The molecule has 1 saturated heterocycles. The van der Waals surface area contributed by atoms with Crippen molar-refractivity contribution in [2.45, 2.75) is 0 Å². The number of ether oxygens (including phenoxy) is 1. The van der Waals surface area contributed by atoms with Crippen molar-refractivity contribution in [3.8, 4) is 5.75 Å². The molecule has 0 unspecified atom stereocenters. The number of nitrogens with one attached hydrogen (secondary N) is 1. The second kappa shape index (κ2) is 9.05. The predicted molar refractivity (Wildman–Crippen MR) is 108 cm³/mol. The summed E-state index contributed by atoms with van der Waals surface area (Å²) in [6.45, 7) is 0.388. The lowest BCUT2D eigenvalue weighted by Crippen LogP contribution is -2.53. The van der Waals surface area contributed by atoms with Crippen LogP contribution in [-0.4, -0.2) is 49.2 Å². The third-order valence-corrected chi connectivity index (χ3v) is 5.33. The Morgan fingerprint density at radius 2 is 1.53 bits per heavy atom. The zero-order valence-electron chi connectivity index (χ0n) is 15.6. The van der Waals surface area contributed by atoms with Crippen molar-refractivity contribution in [1.82, 2.24) is 10.2 Å². The van der Waals surface area contributed by atoms with Gasteiger partial charge in [-0.05, 0) is 36.5 Å². The molecule has 1 aliphatic rings. The summed E-state index contributed by atoms with van der Waals surface area (Å²) in [5, 5.41) is 1.48. The third kappa shape index (κ3) is 4.29. The minimum atomic E-state index is -1.64. The van der Waals surface area contributed by atoms with Crippen molar-refractivity contribution < 1.29 is 27.1 Å². The molecule has 1 fully saturated rings. The fraction of sp³-hybridized carbons (Fsp3) is 0.263. The molecule has 0 radical (unpaired) electrons. The van der Waals surface area contributed by atoms with Crippen LogP contribution >= 0.6 is 23.8 Å². The summed E-state index contributed by atoms with van der Waals surface area (Å²) in [6, 6.07) is 6.40. The predicted octanol–water partition coefficient (Wildman–Crippen LogP) is 3.74. The number of anilines is 1. The molecule has 1 N–H and O–H groups in total. The second-order valence-corrected chi connectivity index (χ2v) is 7.15. The Morgan fingerprint density at radius 3 is 2.03 bits per heavy atom. The Morgan fingerprint density at radius 1 is 1.00 bits per heavy atom. The molecule has 0 atom stereocenters. The van der Waals surface area contributed by atoms with Crippen LogP contribution in [0.1, 0.15) is 10.4 Å². The van der Waals surface area contributed by atoms with Crippen LogP contribution in [0.25, 0.3) is 0 Å². The highest BCUT2D eigenvalue weighted by atomic mass is 35.5. The zero-order valence-corrected chi connectivity index (χ0v) is 17.2. The van der Waals surface area contributed by atoms with Crippen molar-refractivity contribution >= 4 is 40.5 Å². The molecule has 0 saturated carbocycles. The molecule has 0 spiro atoms. The summed E-state index contributed by atoms with van der Waals surface area (Å²) < 4.78 is 60.8. The van der Waals surface area contributed by atoms with Gasteiger partial charge in [0, 0.05) is 31.7 Å². The molecule has 160 valence electrons. The van der Waals surface area contributed by atoms with E-state index in [-0.39, 0.29) is 31.3 Å². The van der Waals surface area contributed by atoms with E-state index in [9.17, 15) is 22.4 Å². The van der Waals surface area contributed by atoms with Crippen LogP contribution in [0, 0.1) is 23.3 Å². The summed E-state index contributed by atoms with van der Waals surface area (Å²) in [5.41, 5.74) is -0.449. The normalized spacial score (nSPS) is 13.9. The molecule has 0 aromatic heterocycles. The van der Waals surface area contributed by atoms with Crippen LogP contribution < -0.4 is 15.0 Å². The number of rotatable bonds is 3. The van der Waals surface area contributed by atoms with Gasteiger partial charge >= 0.3 is 0 Å². The smallest absolute Gasteiger partial charge is 0.257 e. The number of piperazine rings is 1. The first-order chi connectivity index (χ1) is 14.2. The van der Waals surface area contributed by atoms with E-state index in [1.807, 2.05) is 0 Å². The van der Waals surface area contributed by atoms with E-state index in [2.05, 4.69) is 5.32 Å². The number of thiocarbonyl (C=S) groups is 1. The second-order valence-electron chi connectivity index (χ2n) is 6.38. The minimum absolute atomic E-state index is 0.0207. The quantitative estimate of drug-likeness (QED) is 0.326. The molecule has 30 heavy (non-hydrogen) atoms. The van der Waals surface area contributed by atoms with Crippen molar-refractivity contribution in [1.29, 1.82) is 0 Å².